The van der Waals surface area contributed by atoms with Gasteiger partial charge >= 0.3 is 0 Å². The molecule has 5 rings (SSSR count). The summed E-state index contributed by atoms with van der Waals surface area (Å²) >= 11 is 2.72. The van der Waals surface area contributed by atoms with Gasteiger partial charge in [-0.2, -0.15) is 4.37 Å². The zero-order valence-electron chi connectivity index (χ0n) is 15.5. The van der Waals surface area contributed by atoms with Crippen LogP contribution in [0.5, 0.6) is 0 Å². The van der Waals surface area contributed by atoms with Crippen LogP contribution in [0.2, 0.25) is 0 Å². The lowest BCUT2D eigenvalue weighted by Crippen LogP contribution is -2.62. The van der Waals surface area contributed by atoms with E-state index in [2.05, 4.69) is 21.5 Å². The summed E-state index contributed by atoms with van der Waals surface area (Å²) in [5.74, 6) is 0.641. The van der Waals surface area contributed by atoms with Gasteiger partial charge in [0.1, 0.15) is 5.03 Å². The molecule has 5 nitrogen and oxygen atoms in total. The van der Waals surface area contributed by atoms with E-state index in [1.807, 2.05) is 30.3 Å². The van der Waals surface area contributed by atoms with Gasteiger partial charge in [0, 0.05) is 29.5 Å². The lowest BCUT2D eigenvalue weighted by molar-refractivity contribution is 0.0217. The van der Waals surface area contributed by atoms with Crippen molar-refractivity contribution in [2.45, 2.75) is 48.7 Å². The summed E-state index contributed by atoms with van der Waals surface area (Å²) in [6.45, 7) is 6.09. The standard InChI is InChI=1S/C20H23N3O2S2/c1-12-19(14-7-9-23(12)10-8-14)21-20(25)15-3-5-16(6-4-15)26-18-11-17(13(2)24)27-22-18/h3-6,11-12,14,19H,7-10H2,1-2H3,(H,21,25). The Balaban J connectivity index is 1.39. The minimum atomic E-state index is 0.00433. The molecule has 3 saturated heterocycles. The molecule has 27 heavy (non-hydrogen) atoms. The first-order chi connectivity index (χ1) is 13.0. The number of nitrogens with one attached hydrogen (secondary N) is 1. The van der Waals surface area contributed by atoms with Crippen LogP contribution in [-0.4, -0.2) is 46.1 Å². The number of carbonyl (C=O) groups excluding carboxylic acids is 2. The van der Waals surface area contributed by atoms with Crippen molar-refractivity contribution >= 4 is 35.0 Å². The summed E-state index contributed by atoms with van der Waals surface area (Å²) in [6, 6.07) is 10.1. The van der Waals surface area contributed by atoms with Crippen molar-refractivity contribution in [3.8, 4) is 0 Å². The van der Waals surface area contributed by atoms with Gasteiger partial charge in [-0.3, -0.25) is 14.5 Å². The number of hydrogen-bond donors (Lipinski definition) is 1. The molecular formula is C20H23N3O2S2. The van der Waals surface area contributed by atoms with Gasteiger partial charge < -0.3 is 5.32 Å². The van der Waals surface area contributed by atoms with E-state index < -0.39 is 0 Å². The predicted octanol–water partition coefficient (Wildman–Crippen LogP) is 3.71. The Bertz CT molecular complexity index is 839. The zero-order valence-corrected chi connectivity index (χ0v) is 17.1. The van der Waals surface area contributed by atoms with Crippen molar-refractivity contribution in [3.63, 3.8) is 0 Å². The summed E-state index contributed by atoms with van der Waals surface area (Å²) in [5.41, 5.74) is 0.686. The molecule has 4 heterocycles. The van der Waals surface area contributed by atoms with Crippen LogP contribution in [0.3, 0.4) is 0 Å². The summed E-state index contributed by atoms with van der Waals surface area (Å²) in [5, 5.41) is 4.07. The molecule has 1 aromatic heterocycles. The maximum absolute atomic E-state index is 12.7. The van der Waals surface area contributed by atoms with Crippen LogP contribution in [0.25, 0.3) is 0 Å². The van der Waals surface area contributed by atoms with Gasteiger partial charge in [-0.25, -0.2) is 0 Å². The van der Waals surface area contributed by atoms with Crippen LogP contribution in [0.4, 0.5) is 0 Å². The minimum Gasteiger partial charge on any atom is -0.347 e. The number of amides is 1. The molecule has 1 N–H and O–H groups in total. The summed E-state index contributed by atoms with van der Waals surface area (Å²) in [4.78, 5) is 28.2. The number of rotatable bonds is 5. The van der Waals surface area contributed by atoms with E-state index in [1.165, 1.54) is 36.1 Å². The van der Waals surface area contributed by atoms with Gasteiger partial charge in [-0.05, 0) is 80.6 Å². The molecule has 1 aromatic carbocycles. The minimum absolute atomic E-state index is 0.00433. The number of aromatic nitrogens is 1. The predicted molar refractivity (Wildman–Crippen MR) is 108 cm³/mol. The number of piperidine rings is 3. The third-order valence-electron chi connectivity index (χ3n) is 5.65. The maximum Gasteiger partial charge on any atom is 0.251 e. The molecule has 2 unspecified atom stereocenters. The van der Waals surface area contributed by atoms with Crippen molar-refractivity contribution in [1.29, 1.82) is 0 Å². The van der Waals surface area contributed by atoms with Crippen LogP contribution in [0, 0.1) is 5.92 Å². The molecule has 2 bridgehead atoms. The highest BCUT2D eigenvalue weighted by atomic mass is 32.2. The summed E-state index contributed by atoms with van der Waals surface area (Å²) in [6.07, 6.45) is 2.36. The van der Waals surface area contributed by atoms with Crippen LogP contribution >= 0.6 is 23.3 Å². The number of nitrogens with zero attached hydrogens (tertiary/aromatic N) is 2. The largest absolute Gasteiger partial charge is 0.347 e. The van der Waals surface area contributed by atoms with Crippen molar-refractivity contribution in [3.05, 3.63) is 40.8 Å². The lowest BCUT2D eigenvalue weighted by Gasteiger charge is -2.49. The Morgan fingerprint density at radius 2 is 1.93 bits per heavy atom. The first-order valence-corrected chi connectivity index (χ1v) is 10.9. The Labute approximate surface area is 167 Å². The molecule has 2 atom stereocenters. The van der Waals surface area contributed by atoms with E-state index in [-0.39, 0.29) is 17.7 Å². The van der Waals surface area contributed by atoms with E-state index in [0.717, 1.165) is 23.0 Å². The van der Waals surface area contributed by atoms with E-state index in [9.17, 15) is 9.59 Å². The average Bonchev–Trinajstić information content (AvgIpc) is 3.14. The van der Waals surface area contributed by atoms with Crippen LogP contribution in [-0.2, 0) is 0 Å². The summed E-state index contributed by atoms with van der Waals surface area (Å²) < 4.78 is 4.30. The molecule has 142 valence electrons. The Hall–Kier alpha value is -1.70. The quantitative estimate of drug-likeness (QED) is 0.774. The second kappa shape index (κ2) is 7.73. The number of benzene rings is 1. The molecule has 7 heteroatoms. The first-order valence-electron chi connectivity index (χ1n) is 9.32. The van der Waals surface area contributed by atoms with Crippen molar-refractivity contribution < 1.29 is 9.59 Å². The van der Waals surface area contributed by atoms with Crippen LogP contribution in [0.15, 0.2) is 40.3 Å². The molecule has 3 aliphatic rings. The highest BCUT2D eigenvalue weighted by Crippen LogP contribution is 2.32. The molecule has 1 amide bonds. The smallest absolute Gasteiger partial charge is 0.251 e. The third-order valence-corrected chi connectivity index (χ3v) is 7.58. The van der Waals surface area contributed by atoms with Gasteiger partial charge in [-0.1, -0.05) is 11.8 Å². The van der Waals surface area contributed by atoms with Crippen molar-refractivity contribution in [1.82, 2.24) is 14.6 Å². The summed E-state index contributed by atoms with van der Waals surface area (Å²) in [7, 11) is 0. The monoisotopic (exact) mass is 401 g/mol. The molecule has 2 aromatic rings. The molecular weight excluding hydrogens is 378 g/mol. The van der Waals surface area contributed by atoms with Gasteiger partial charge in [0.15, 0.2) is 5.78 Å². The SMILES string of the molecule is CC(=O)c1cc(Sc2ccc(C(=O)NC3C4CCN(CC4)C3C)cc2)ns1. The fraction of sp³-hybridized carbons (Fsp3) is 0.450. The zero-order chi connectivity index (χ0) is 19.0. The molecule has 0 saturated carbocycles. The lowest BCUT2D eigenvalue weighted by atomic mass is 9.79. The third kappa shape index (κ3) is 3.95. The normalized spacial score (nSPS) is 26.7. The van der Waals surface area contributed by atoms with Gasteiger partial charge in [0.05, 0.1) is 4.88 Å². The fourth-order valence-corrected chi connectivity index (χ4v) is 5.61. The number of hydrogen-bond acceptors (Lipinski definition) is 6. The number of fused-ring (bicyclic) bond motifs is 3. The second-order valence-corrected chi connectivity index (χ2v) is 9.22. The highest BCUT2D eigenvalue weighted by molar-refractivity contribution is 7.99. The van der Waals surface area contributed by atoms with E-state index in [4.69, 9.17) is 0 Å². The fourth-order valence-electron chi connectivity index (χ4n) is 4.05. The topological polar surface area (TPSA) is 62.3 Å². The molecule has 0 aliphatic carbocycles. The second-order valence-electron chi connectivity index (χ2n) is 7.33. The molecule has 3 aliphatic heterocycles. The number of carbonyl (C=O) groups is 2. The van der Waals surface area contributed by atoms with Crippen molar-refractivity contribution in [2.75, 3.05) is 13.1 Å². The average molecular weight is 402 g/mol. The van der Waals surface area contributed by atoms with Gasteiger partial charge in [0.2, 0.25) is 0 Å². The van der Waals surface area contributed by atoms with Gasteiger partial charge in [0.25, 0.3) is 5.91 Å². The molecule has 0 radical (unpaired) electrons. The van der Waals surface area contributed by atoms with E-state index >= 15 is 0 Å². The Morgan fingerprint density at radius 3 is 2.52 bits per heavy atom. The Kier molecular flexibility index (Phi) is 5.34. The Morgan fingerprint density at radius 1 is 1.22 bits per heavy atom. The van der Waals surface area contributed by atoms with Gasteiger partial charge in [-0.15, -0.1) is 0 Å². The van der Waals surface area contributed by atoms with E-state index in [1.54, 1.807) is 6.92 Å². The molecule has 0 spiro atoms. The number of ketones is 1. The van der Waals surface area contributed by atoms with Crippen LogP contribution in [0.1, 0.15) is 46.7 Å². The highest BCUT2D eigenvalue weighted by Gasteiger charge is 2.40. The van der Waals surface area contributed by atoms with Crippen molar-refractivity contribution in [2.24, 2.45) is 5.92 Å². The maximum atomic E-state index is 12.7. The van der Waals surface area contributed by atoms with E-state index in [0.29, 0.717) is 22.4 Å². The van der Waals surface area contributed by atoms with Crippen LogP contribution < -0.4 is 5.32 Å². The number of Topliss-reactive ketones (excluding diaryl/α,β-unsaturated/α-hetero) is 1. The molecule has 3 fully saturated rings. The first kappa shape index (κ1) is 18.7.